The number of nitrogens with one attached hydrogen (secondary N) is 1. The fourth-order valence-electron chi connectivity index (χ4n) is 13.0. The summed E-state index contributed by atoms with van der Waals surface area (Å²) in [7, 11) is 0. The van der Waals surface area contributed by atoms with Crippen LogP contribution < -0.4 is 5.32 Å². The average molecular weight is 1320 g/mol. The molecular formula is C79H147NO13. The van der Waals surface area contributed by atoms with E-state index in [4.69, 9.17) is 18.9 Å². The number of rotatable bonds is 66. The summed E-state index contributed by atoms with van der Waals surface area (Å²) in [4.78, 5) is 13.4. The highest BCUT2D eigenvalue weighted by Gasteiger charge is 2.51. The third kappa shape index (κ3) is 46.8. The minimum absolute atomic E-state index is 0.242. The highest BCUT2D eigenvalue weighted by molar-refractivity contribution is 5.76. The number of hydrogen-bond acceptors (Lipinski definition) is 13. The van der Waals surface area contributed by atoms with Gasteiger partial charge in [0.25, 0.3) is 0 Å². The molecule has 1 amide bonds. The predicted molar refractivity (Wildman–Crippen MR) is 383 cm³/mol. The van der Waals surface area contributed by atoms with E-state index >= 15 is 0 Å². The van der Waals surface area contributed by atoms with Crippen molar-refractivity contribution in [3.05, 3.63) is 48.6 Å². The number of aliphatic hydroxyl groups is 8. The molecule has 0 aromatic rings. The van der Waals surface area contributed by atoms with Crippen molar-refractivity contribution in [1.29, 1.82) is 0 Å². The van der Waals surface area contributed by atoms with Crippen molar-refractivity contribution >= 4 is 5.91 Å². The zero-order valence-corrected chi connectivity index (χ0v) is 59.8. The van der Waals surface area contributed by atoms with Gasteiger partial charge in [-0.2, -0.15) is 0 Å². The van der Waals surface area contributed by atoms with Crippen LogP contribution in [0.4, 0.5) is 0 Å². The first-order valence-corrected chi connectivity index (χ1v) is 39.4. The van der Waals surface area contributed by atoms with Crippen molar-refractivity contribution in [2.24, 2.45) is 0 Å². The van der Waals surface area contributed by atoms with Crippen molar-refractivity contribution in [3.8, 4) is 0 Å². The van der Waals surface area contributed by atoms with E-state index < -0.39 is 86.8 Å². The van der Waals surface area contributed by atoms with Gasteiger partial charge in [0, 0.05) is 6.42 Å². The van der Waals surface area contributed by atoms with Gasteiger partial charge < -0.3 is 65.1 Å². The summed E-state index contributed by atoms with van der Waals surface area (Å²) in [6, 6.07) is -0.932. The molecule has 0 saturated carbocycles. The van der Waals surface area contributed by atoms with Gasteiger partial charge >= 0.3 is 0 Å². The van der Waals surface area contributed by atoms with Crippen LogP contribution in [0.1, 0.15) is 354 Å². The highest BCUT2D eigenvalue weighted by atomic mass is 16.7. The van der Waals surface area contributed by atoms with Crippen molar-refractivity contribution in [2.45, 2.75) is 428 Å². The number of allylic oxidation sites excluding steroid dienone is 7. The molecule has 2 aliphatic rings. The molecule has 2 aliphatic heterocycles. The molecule has 0 aromatic carbocycles. The average Bonchev–Trinajstić information content (AvgIpc) is 0.852. The van der Waals surface area contributed by atoms with E-state index in [0.29, 0.717) is 12.8 Å². The van der Waals surface area contributed by atoms with Crippen LogP contribution in [0.15, 0.2) is 48.6 Å². The molecule has 12 unspecified atom stereocenters. The van der Waals surface area contributed by atoms with Gasteiger partial charge in [-0.25, -0.2) is 0 Å². The molecule has 2 saturated heterocycles. The molecule has 0 aliphatic carbocycles. The summed E-state index contributed by atoms with van der Waals surface area (Å²) in [6.07, 6.45) is 67.7. The lowest BCUT2D eigenvalue weighted by molar-refractivity contribution is -0.359. The highest BCUT2D eigenvalue weighted by Crippen LogP contribution is 2.30. The molecule has 14 heteroatoms. The summed E-state index contributed by atoms with van der Waals surface area (Å²) >= 11 is 0. The normalized spacial score (nSPS) is 22.8. The van der Waals surface area contributed by atoms with Crippen LogP contribution in [0.25, 0.3) is 0 Å². The van der Waals surface area contributed by atoms with Crippen LogP contribution in [-0.4, -0.2) is 140 Å². The second-order valence-corrected chi connectivity index (χ2v) is 27.8. The number of aliphatic hydroxyl groups excluding tert-OH is 8. The summed E-state index contributed by atoms with van der Waals surface area (Å²) < 4.78 is 22.9. The smallest absolute Gasteiger partial charge is 0.220 e. The number of carbonyl (C=O) groups excluding carboxylic acids is 1. The number of unbranched alkanes of at least 4 members (excludes halogenated alkanes) is 47. The Bertz CT molecular complexity index is 1750. The molecule has 14 nitrogen and oxygen atoms in total. The summed E-state index contributed by atoms with van der Waals surface area (Å²) in [5.74, 6) is -0.242. The van der Waals surface area contributed by atoms with E-state index in [-0.39, 0.29) is 18.9 Å². The van der Waals surface area contributed by atoms with E-state index in [0.717, 1.165) is 38.5 Å². The van der Waals surface area contributed by atoms with Crippen LogP contribution >= 0.6 is 0 Å². The van der Waals surface area contributed by atoms with E-state index in [2.05, 4.69) is 55.6 Å². The fourth-order valence-corrected chi connectivity index (χ4v) is 13.0. The Morgan fingerprint density at radius 2 is 0.720 bits per heavy atom. The van der Waals surface area contributed by atoms with Crippen LogP contribution in [-0.2, 0) is 23.7 Å². The molecule has 0 radical (unpaired) electrons. The monoisotopic (exact) mass is 1320 g/mol. The Morgan fingerprint density at radius 3 is 1.12 bits per heavy atom. The summed E-state index contributed by atoms with van der Waals surface area (Å²) in [5.41, 5.74) is 0. The Labute approximate surface area is 569 Å². The van der Waals surface area contributed by atoms with Gasteiger partial charge in [0.2, 0.25) is 5.91 Å². The van der Waals surface area contributed by atoms with Gasteiger partial charge in [0.1, 0.15) is 48.8 Å². The fraction of sp³-hybridized carbons (Fsp3) is 0.886. The number of amides is 1. The zero-order chi connectivity index (χ0) is 67.3. The van der Waals surface area contributed by atoms with Gasteiger partial charge in [-0.1, -0.05) is 332 Å². The van der Waals surface area contributed by atoms with Crippen molar-refractivity contribution in [1.82, 2.24) is 5.32 Å². The quantitative estimate of drug-likeness (QED) is 0.0204. The van der Waals surface area contributed by atoms with E-state index in [1.54, 1.807) is 6.08 Å². The number of ether oxygens (including phenoxy) is 4. The van der Waals surface area contributed by atoms with E-state index in [9.17, 15) is 45.6 Å². The van der Waals surface area contributed by atoms with Crippen molar-refractivity contribution in [2.75, 3.05) is 19.8 Å². The molecule has 2 heterocycles. The largest absolute Gasteiger partial charge is 0.394 e. The number of hydrogen-bond donors (Lipinski definition) is 9. The maximum atomic E-state index is 13.4. The molecule has 12 atom stereocenters. The molecule has 2 rings (SSSR count). The Hall–Kier alpha value is -2.05. The van der Waals surface area contributed by atoms with Crippen LogP contribution in [0.2, 0.25) is 0 Å². The van der Waals surface area contributed by atoms with Gasteiger partial charge in [0.05, 0.1) is 32.0 Å². The molecule has 0 bridgehead atoms. The lowest BCUT2D eigenvalue weighted by atomic mass is 9.97. The lowest BCUT2D eigenvalue weighted by Crippen LogP contribution is -2.65. The van der Waals surface area contributed by atoms with Gasteiger partial charge in [-0.3, -0.25) is 4.79 Å². The standard InChI is InChI=1S/C79H147NO13/c1-3-5-7-9-11-13-15-17-19-21-23-25-27-28-29-30-31-32-33-34-35-36-37-38-39-40-41-43-45-47-49-51-53-55-57-59-61-63-71(84)80-67(66-90-78-76(89)74(87)77(70(65-82)92-78)93-79-75(88)73(86)72(85)69(64-81)91-79)68(83)62-60-58-56-54-52-50-48-46-44-42-26-24-22-20-18-16-14-12-10-8-6-4-2/h15,17,21,23,52,54,60,62,67-70,72-79,81-83,85-89H,3-14,16,18-20,22,24-51,53,55-59,61,63-66H2,1-2H3,(H,80,84)/b17-15-,23-21-,54-52+,62-60+. The van der Waals surface area contributed by atoms with Crippen LogP contribution in [0, 0.1) is 0 Å². The van der Waals surface area contributed by atoms with Gasteiger partial charge in [0.15, 0.2) is 12.6 Å². The molecule has 0 aromatic heterocycles. The van der Waals surface area contributed by atoms with E-state index in [1.807, 2.05) is 6.08 Å². The topological polar surface area (TPSA) is 228 Å². The van der Waals surface area contributed by atoms with Crippen LogP contribution in [0.5, 0.6) is 0 Å². The maximum absolute atomic E-state index is 13.4. The molecule has 2 fully saturated rings. The van der Waals surface area contributed by atoms with Crippen molar-refractivity contribution < 1.29 is 64.6 Å². The second kappa shape index (κ2) is 63.4. The SMILES string of the molecule is CCCCCCC/C=C\C/C=C\CCCCCCCCCCCCCCCCCCCCCCCCCCCC(=O)NC(COC1OC(CO)C(OC2OC(CO)C(O)C(O)C2O)C(O)C1O)C(O)/C=C/CC/C=C/CCCCCCCCCCCCCCCCCC. The zero-order valence-electron chi connectivity index (χ0n) is 59.8. The summed E-state index contributed by atoms with van der Waals surface area (Å²) in [6.45, 7) is 2.82. The molecular weight excluding hydrogens is 1170 g/mol. The third-order valence-electron chi connectivity index (χ3n) is 19.2. The molecule has 93 heavy (non-hydrogen) atoms. The Kier molecular flexibility index (Phi) is 59.3. The van der Waals surface area contributed by atoms with Crippen molar-refractivity contribution in [3.63, 3.8) is 0 Å². The Morgan fingerprint density at radius 1 is 0.387 bits per heavy atom. The maximum Gasteiger partial charge on any atom is 0.220 e. The number of carbonyl (C=O) groups is 1. The minimum Gasteiger partial charge on any atom is -0.394 e. The molecule has 9 N–H and O–H groups in total. The first kappa shape index (κ1) is 87.0. The predicted octanol–water partition coefficient (Wildman–Crippen LogP) is 17.4. The lowest BCUT2D eigenvalue weighted by Gasteiger charge is -2.46. The Balaban J connectivity index is 1.60. The first-order valence-electron chi connectivity index (χ1n) is 39.4. The second-order valence-electron chi connectivity index (χ2n) is 27.8. The van der Waals surface area contributed by atoms with Crippen LogP contribution in [0.3, 0.4) is 0 Å². The minimum atomic E-state index is -1.79. The third-order valence-corrected chi connectivity index (χ3v) is 19.2. The van der Waals surface area contributed by atoms with Gasteiger partial charge in [-0.15, -0.1) is 0 Å². The molecule has 546 valence electrons. The van der Waals surface area contributed by atoms with Gasteiger partial charge in [-0.05, 0) is 64.2 Å². The first-order chi connectivity index (χ1) is 45.6. The summed E-state index contributed by atoms with van der Waals surface area (Å²) in [5, 5.41) is 87.6. The van der Waals surface area contributed by atoms with E-state index in [1.165, 1.54) is 283 Å². The molecule has 0 spiro atoms.